The molecule has 0 amide bonds. The molecule has 28 heavy (non-hydrogen) atoms. The predicted molar refractivity (Wildman–Crippen MR) is 101 cm³/mol. The summed E-state index contributed by atoms with van der Waals surface area (Å²) in [5, 5.41) is 21.6. The van der Waals surface area contributed by atoms with Gasteiger partial charge in [0, 0.05) is 11.3 Å². The van der Waals surface area contributed by atoms with E-state index in [-0.39, 0.29) is 17.6 Å². The molecule has 0 aromatic carbocycles. The van der Waals surface area contributed by atoms with Crippen LogP contribution in [0.2, 0.25) is 0 Å². The van der Waals surface area contributed by atoms with Crippen LogP contribution in [0.25, 0.3) is 11.7 Å². The van der Waals surface area contributed by atoms with E-state index < -0.39 is 5.69 Å². The van der Waals surface area contributed by atoms with Crippen molar-refractivity contribution in [3.8, 4) is 5.88 Å². The molecule has 3 aromatic rings. The van der Waals surface area contributed by atoms with Gasteiger partial charge in [-0.3, -0.25) is 4.98 Å². The van der Waals surface area contributed by atoms with Crippen LogP contribution in [0.3, 0.4) is 0 Å². The minimum absolute atomic E-state index is 0.227. The quantitative estimate of drug-likeness (QED) is 0.373. The lowest BCUT2D eigenvalue weighted by Gasteiger charge is -2.23. The summed E-state index contributed by atoms with van der Waals surface area (Å²) < 4.78 is 1.60. The number of piperidine rings is 1. The van der Waals surface area contributed by atoms with Crippen LogP contribution in [-0.4, -0.2) is 59.8 Å². The second-order valence-corrected chi connectivity index (χ2v) is 7.20. The van der Waals surface area contributed by atoms with Crippen molar-refractivity contribution in [2.24, 2.45) is 4.99 Å². The topological polar surface area (TPSA) is 148 Å². The van der Waals surface area contributed by atoms with E-state index in [0.29, 0.717) is 28.5 Å². The molecular weight excluding hydrogens is 362 g/mol. The van der Waals surface area contributed by atoms with Crippen LogP contribution in [0.4, 0.5) is 5.95 Å². The molecule has 5 N–H and O–H groups in total. The van der Waals surface area contributed by atoms with Gasteiger partial charge in [-0.05, 0) is 44.8 Å². The summed E-state index contributed by atoms with van der Waals surface area (Å²) in [6, 6.07) is 0.587. The first-order valence-corrected chi connectivity index (χ1v) is 9.45. The van der Waals surface area contributed by atoms with Gasteiger partial charge in [0.25, 0.3) is 5.62 Å². The van der Waals surface area contributed by atoms with Gasteiger partial charge < -0.3 is 20.7 Å². The lowest BCUT2D eigenvalue weighted by Crippen LogP contribution is -2.36. The van der Waals surface area contributed by atoms with E-state index in [4.69, 9.17) is 0 Å². The monoisotopic (exact) mass is 383 g/mol. The van der Waals surface area contributed by atoms with Gasteiger partial charge in [0.15, 0.2) is 5.65 Å². The Hall–Kier alpha value is -3.21. The Balaban J connectivity index is 1.63. The Morgan fingerprint density at radius 2 is 2.04 bits per heavy atom. The molecule has 0 radical (unpaired) electrons. The zero-order valence-corrected chi connectivity index (χ0v) is 15.1. The summed E-state index contributed by atoms with van der Waals surface area (Å²) in [7, 11) is 0. The molecule has 4 heterocycles. The fourth-order valence-electron chi connectivity index (χ4n) is 3.29. The molecular formula is C17H21N9O2. The zero-order chi connectivity index (χ0) is 19.1. The third-order valence-electron chi connectivity index (χ3n) is 4.93. The number of H-pyrrole nitrogens is 2. The van der Waals surface area contributed by atoms with Crippen molar-refractivity contribution in [1.82, 2.24) is 34.9 Å². The lowest BCUT2D eigenvalue weighted by atomic mass is 10.1. The number of aromatic amines is 2. The van der Waals surface area contributed by atoms with Crippen LogP contribution in [0, 0.1) is 0 Å². The summed E-state index contributed by atoms with van der Waals surface area (Å²) in [4.78, 5) is 30.1. The number of rotatable bonds is 4. The van der Waals surface area contributed by atoms with Gasteiger partial charge in [-0.15, -0.1) is 0 Å². The first kappa shape index (κ1) is 16.9. The van der Waals surface area contributed by atoms with Crippen molar-refractivity contribution in [2.75, 3.05) is 18.4 Å². The van der Waals surface area contributed by atoms with E-state index in [0.717, 1.165) is 38.8 Å². The van der Waals surface area contributed by atoms with Crippen LogP contribution in [0.1, 0.15) is 31.4 Å². The standard InChI is InChI=1S/C17H21N9O2/c27-14-12(22-17(28)24-14)7-9-8-19-26-13(9)23-15(20-11-3-5-18-6-4-11)25-16(26)21-10-1-2-10/h7-8,10-11,18,27H,1-6H2,(H,20,21,25)(H2,22,24,28)/b9-7-. The summed E-state index contributed by atoms with van der Waals surface area (Å²) in [6.45, 7) is 1.93. The number of nitrogens with one attached hydrogen (secondary N) is 4. The molecule has 1 saturated carbocycles. The number of hydrogen-bond acceptors (Lipinski definition) is 8. The molecule has 1 aliphatic carbocycles. The van der Waals surface area contributed by atoms with Crippen LogP contribution < -0.4 is 27.2 Å². The smallest absolute Gasteiger partial charge is 0.326 e. The third-order valence-corrected chi connectivity index (χ3v) is 4.93. The van der Waals surface area contributed by atoms with Gasteiger partial charge >= 0.3 is 5.69 Å². The molecule has 1 saturated heterocycles. The van der Waals surface area contributed by atoms with Crippen LogP contribution >= 0.6 is 0 Å². The number of anilines is 1. The number of aromatic nitrogens is 6. The number of nitrogens with zero attached hydrogens (tertiary/aromatic N) is 5. The predicted octanol–water partition coefficient (Wildman–Crippen LogP) is -1.38. The zero-order valence-electron chi connectivity index (χ0n) is 15.1. The molecule has 3 aromatic heterocycles. The molecule has 1 aliphatic heterocycles. The van der Waals surface area contributed by atoms with Crippen molar-refractivity contribution in [2.45, 2.75) is 37.8 Å². The Morgan fingerprint density at radius 3 is 2.75 bits per heavy atom. The second-order valence-electron chi connectivity index (χ2n) is 7.20. The van der Waals surface area contributed by atoms with E-state index >= 15 is 0 Å². The highest BCUT2D eigenvalue weighted by atomic mass is 16.3. The maximum absolute atomic E-state index is 11.4. The van der Waals surface area contributed by atoms with Crippen molar-refractivity contribution >= 4 is 17.7 Å². The van der Waals surface area contributed by atoms with E-state index in [9.17, 15) is 9.90 Å². The molecule has 0 spiro atoms. The number of imidazole rings is 1. The van der Waals surface area contributed by atoms with Crippen LogP contribution in [0.5, 0.6) is 5.88 Å². The average molecular weight is 383 g/mol. The molecule has 2 aliphatic rings. The molecule has 11 nitrogen and oxygen atoms in total. The fourth-order valence-corrected chi connectivity index (χ4v) is 3.29. The highest BCUT2D eigenvalue weighted by Crippen LogP contribution is 2.22. The van der Waals surface area contributed by atoms with E-state index in [1.807, 2.05) is 0 Å². The van der Waals surface area contributed by atoms with Crippen LogP contribution in [0.15, 0.2) is 16.0 Å². The van der Waals surface area contributed by atoms with E-state index in [1.54, 1.807) is 16.8 Å². The Morgan fingerprint density at radius 1 is 1.21 bits per heavy atom. The maximum atomic E-state index is 11.4. The van der Waals surface area contributed by atoms with Gasteiger partial charge in [-0.1, -0.05) is 0 Å². The fraction of sp³-hybridized carbons (Fsp3) is 0.471. The normalized spacial score (nSPS) is 19.6. The molecule has 0 atom stereocenters. The van der Waals surface area contributed by atoms with Crippen molar-refractivity contribution < 1.29 is 5.11 Å². The summed E-state index contributed by atoms with van der Waals surface area (Å²) in [5.41, 5.74) is 0.863. The van der Waals surface area contributed by atoms with Crippen molar-refractivity contribution in [1.29, 1.82) is 0 Å². The minimum Gasteiger partial charge on any atom is -0.493 e. The molecule has 0 unspecified atom stereocenters. The highest BCUT2D eigenvalue weighted by molar-refractivity contribution is 5.57. The molecule has 11 heteroatoms. The summed E-state index contributed by atoms with van der Waals surface area (Å²) in [5.74, 6) is 0.287. The highest BCUT2D eigenvalue weighted by Gasteiger charge is 2.21. The average Bonchev–Trinajstić information content (AvgIpc) is 3.32. The van der Waals surface area contributed by atoms with E-state index in [2.05, 4.69) is 40.7 Å². The summed E-state index contributed by atoms with van der Waals surface area (Å²) >= 11 is 0. The minimum atomic E-state index is -0.479. The SMILES string of the molecule is O=c1[nH]c(O)c(/C=c2/cnn3c(=NC4CC4)nc(NC4CCNCC4)nc23)[nH]1. The number of aromatic hydroxyl groups is 1. The molecule has 5 rings (SSSR count). The van der Waals surface area contributed by atoms with Gasteiger partial charge in [0.1, 0.15) is 5.69 Å². The van der Waals surface area contributed by atoms with Gasteiger partial charge in [-0.25, -0.2) is 9.79 Å². The van der Waals surface area contributed by atoms with Gasteiger partial charge in [0.2, 0.25) is 11.8 Å². The largest absolute Gasteiger partial charge is 0.493 e. The van der Waals surface area contributed by atoms with Gasteiger partial charge in [0.05, 0.1) is 12.2 Å². The van der Waals surface area contributed by atoms with Crippen LogP contribution in [-0.2, 0) is 0 Å². The van der Waals surface area contributed by atoms with E-state index in [1.165, 1.54) is 0 Å². The first-order chi connectivity index (χ1) is 13.7. The number of fused-ring (bicyclic) bond motifs is 1. The molecule has 146 valence electrons. The Bertz CT molecular complexity index is 1180. The lowest BCUT2D eigenvalue weighted by molar-refractivity contribution is 0.454. The third kappa shape index (κ3) is 3.36. The molecule has 0 bridgehead atoms. The first-order valence-electron chi connectivity index (χ1n) is 9.45. The summed E-state index contributed by atoms with van der Waals surface area (Å²) in [6.07, 6.45) is 7.36. The maximum Gasteiger partial charge on any atom is 0.326 e. The van der Waals surface area contributed by atoms with Crippen molar-refractivity contribution in [3.63, 3.8) is 0 Å². The Kier molecular flexibility index (Phi) is 4.08. The van der Waals surface area contributed by atoms with Crippen molar-refractivity contribution in [3.05, 3.63) is 33.2 Å². The number of hydrogen-bond donors (Lipinski definition) is 5. The Labute approximate surface area is 158 Å². The van der Waals surface area contributed by atoms with Gasteiger partial charge in [-0.2, -0.15) is 19.6 Å². The molecule has 2 fully saturated rings. The second kappa shape index (κ2) is 6.75.